The number of unbranched alkanes of at least 4 members (excludes halogenated alkanes) is 7. The van der Waals surface area contributed by atoms with Gasteiger partial charge >= 0.3 is 11.9 Å². The normalized spacial score (nSPS) is 38.9. The Morgan fingerprint density at radius 2 is 1.43 bits per heavy atom. The van der Waals surface area contributed by atoms with Crippen molar-refractivity contribution in [1.82, 2.24) is 5.32 Å². The van der Waals surface area contributed by atoms with Crippen molar-refractivity contribution in [2.75, 3.05) is 6.54 Å². The zero-order chi connectivity index (χ0) is 35.9. The Hall–Kier alpha value is -1.85. The van der Waals surface area contributed by atoms with Crippen LogP contribution < -0.4 is 5.32 Å². The number of ether oxygens (including phenoxy) is 1. The highest BCUT2D eigenvalue weighted by atomic mass is 16.5. The fourth-order valence-electron chi connectivity index (χ4n) is 12.9. The molecule has 0 aliphatic heterocycles. The lowest BCUT2D eigenvalue weighted by Crippen LogP contribution is -2.65. The molecule has 0 aromatic rings. The molecular weight excluding hydrogens is 610 g/mol. The third-order valence-corrected chi connectivity index (χ3v) is 15.9. The van der Waals surface area contributed by atoms with Crippen molar-refractivity contribution in [2.24, 2.45) is 50.2 Å². The topological polar surface area (TPSA) is 92.7 Å². The van der Waals surface area contributed by atoms with Gasteiger partial charge < -0.3 is 15.2 Å². The molecular formula is C43H71NO5. The quantitative estimate of drug-likeness (QED) is 0.115. The smallest absolute Gasteiger partial charge is 0.303 e. The third kappa shape index (κ3) is 7.03. The standard InChI is InChI=1S/C43H71NO5/c1-30(45)49-35-21-22-40(6)33(39(35,4)5)20-23-42(8)34(40)19-18-31-32-29-38(2,3)24-26-43(32,27-25-41(31,42)7)37(48)44-28-16-14-12-10-9-11-13-15-17-36(46)47/h18,32-35H,9-17,19-29H2,1-8H3,(H,44,48)(H,46,47)/t32?,33?,34?,35-,40-,41+,42+,43-/m0/s1. The molecule has 4 fully saturated rings. The molecule has 0 spiro atoms. The highest BCUT2D eigenvalue weighted by Gasteiger charge is 2.69. The van der Waals surface area contributed by atoms with E-state index in [1.54, 1.807) is 12.5 Å². The molecule has 1 amide bonds. The number of fused-ring (bicyclic) bond motifs is 7. The summed E-state index contributed by atoms with van der Waals surface area (Å²) >= 11 is 0. The number of aliphatic carboxylic acids is 1. The van der Waals surface area contributed by atoms with Crippen LogP contribution in [-0.2, 0) is 19.1 Å². The molecule has 5 aliphatic rings. The van der Waals surface area contributed by atoms with Gasteiger partial charge in [-0.1, -0.05) is 98.6 Å². The summed E-state index contributed by atoms with van der Waals surface area (Å²) in [5.74, 6) is 0.916. The van der Waals surface area contributed by atoms with Gasteiger partial charge in [-0.15, -0.1) is 0 Å². The number of hydrogen-bond acceptors (Lipinski definition) is 4. The van der Waals surface area contributed by atoms with E-state index < -0.39 is 5.97 Å². The molecule has 6 nitrogen and oxygen atoms in total. The van der Waals surface area contributed by atoms with Gasteiger partial charge in [-0.25, -0.2) is 0 Å². The molecule has 0 bridgehead atoms. The number of allylic oxidation sites excluding steroid dienone is 2. The molecule has 5 aliphatic carbocycles. The molecule has 5 rings (SSSR count). The lowest BCUT2D eigenvalue weighted by Gasteiger charge is -2.71. The lowest BCUT2D eigenvalue weighted by molar-refractivity contribution is -0.212. The summed E-state index contributed by atoms with van der Waals surface area (Å²) in [6.45, 7) is 19.7. The predicted molar refractivity (Wildman–Crippen MR) is 197 cm³/mol. The molecule has 8 atom stereocenters. The largest absolute Gasteiger partial charge is 0.481 e. The first-order valence-corrected chi connectivity index (χ1v) is 20.3. The number of carbonyl (C=O) groups excluding carboxylic acids is 2. The summed E-state index contributed by atoms with van der Waals surface area (Å²) in [6, 6.07) is 0. The monoisotopic (exact) mass is 682 g/mol. The molecule has 49 heavy (non-hydrogen) atoms. The van der Waals surface area contributed by atoms with Crippen molar-refractivity contribution in [3.05, 3.63) is 11.6 Å². The number of esters is 1. The Bertz CT molecular complexity index is 1270. The number of carboxylic acids is 1. The van der Waals surface area contributed by atoms with Gasteiger partial charge in [-0.2, -0.15) is 0 Å². The van der Waals surface area contributed by atoms with Gasteiger partial charge in [0, 0.05) is 25.3 Å². The van der Waals surface area contributed by atoms with E-state index in [4.69, 9.17) is 9.84 Å². The van der Waals surface area contributed by atoms with Gasteiger partial charge in [-0.05, 0) is 116 Å². The van der Waals surface area contributed by atoms with Crippen molar-refractivity contribution in [3.63, 3.8) is 0 Å². The average Bonchev–Trinajstić information content (AvgIpc) is 3.01. The van der Waals surface area contributed by atoms with Crippen LogP contribution in [0.2, 0.25) is 0 Å². The lowest BCUT2D eigenvalue weighted by atomic mass is 9.33. The highest BCUT2D eigenvalue weighted by Crippen LogP contribution is 2.75. The van der Waals surface area contributed by atoms with Crippen LogP contribution in [0.1, 0.15) is 177 Å². The van der Waals surface area contributed by atoms with Crippen molar-refractivity contribution in [2.45, 2.75) is 183 Å². The van der Waals surface area contributed by atoms with Gasteiger partial charge in [0.15, 0.2) is 0 Å². The minimum Gasteiger partial charge on any atom is -0.481 e. The van der Waals surface area contributed by atoms with Crippen LogP contribution in [0.15, 0.2) is 11.6 Å². The van der Waals surface area contributed by atoms with Crippen LogP contribution in [-0.4, -0.2) is 35.6 Å². The van der Waals surface area contributed by atoms with Crippen molar-refractivity contribution in [3.8, 4) is 0 Å². The Morgan fingerprint density at radius 3 is 2.08 bits per heavy atom. The summed E-state index contributed by atoms with van der Waals surface area (Å²) in [5, 5.41) is 12.3. The maximum Gasteiger partial charge on any atom is 0.303 e. The number of nitrogens with one attached hydrogen (secondary N) is 1. The maximum absolute atomic E-state index is 14.4. The zero-order valence-electron chi connectivity index (χ0n) is 32.6. The van der Waals surface area contributed by atoms with Gasteiger partial charge in [0.25, 0.3) is 0 Å². The molecule has 3 unspecified atom stereocenters. The van der Waals surface area contributed by atoms with Gasteiger partial charge in [-0.3, -0.25) is 14.4 Å². The van der Waals surface area contributed by atoms with E-state index in [2.05, 4.69) is 59.9 Å². The Labute approximate surface area is 298 Å². The summed E-state index contributed by atoms with van der Waals surface area (Å²) in [6.07, 6.45) is 22.5. The van der Waals surface area contributed by atoms with Gasteiger partial charge in [0.2, 0.25) is 5.91 Å². The molecule has 4 saturated carbocycles. The first kappa shape index (κ1) is 38.4. The van der Waals surface area contributed by atoms with Crippen LogP contribution >= 0.6 is 0 Å². The van der Waals surface area contributed by atoms with E-state index in [0.29, 0.717) is 23.7 Å². The van der Waals surface area contributed by atoms with E-state index in [9.17, 15) is 14.4 Å². The van der Waals surface area contributed by atoms with Crippen molar-refractivity contribution < 1.29 is 24.2 Å². The molecule has 2 N–H and O–H groups in total. The van der Waals surface area contributed by atoms with E-state index in [1.165, 1.54) is 32.1 Å². The molecule has 278 valence electrons. The average molecular weight is 682 g/mol. The second-order valence-electron chi connectivity index (χ2n) is 19.6. The molecule has 0 radical (unpaired) electrons. The van der Waals surface area contributed by atoms with Crippen LogP contribution in [0.25, 0.3) is 0 Å². The molecule has 6 heteroatoms. The second kappa shape index (κ2) is 14.3. The second-order valence-corrected chi connectivity index (χ2v) is 19.6. The highest BCUT2D eigenvalue weighted by molar-refractivity contribution is 5.84. The summed E-state index contributed by atoms with van der Waals surface area (Å²) in [4.78, 5) is 37.1. The van der Waals surface area contributed by atoms with Crippen LogP contribution in [0.4, 0.5) is 0 Å². The van der Waals surface area contributed by atoms with E-state index in [-0.39, 0.29) is 51.0 Å². The van der Waals surface area contributed by atoms with Crippen molar-refractivity contribution in [1.29, 1.82) is 0 Å². The van der Waals surface area contributed by atoms with E-state index in [1.807, 2.05) is 0 Å². The number of amides is 1. The predicted octanol–water partition coefficient (Wildman–Crippen LogP) is 10.4. The zero-order valence-corrected chi connectivity index (χ0v) is 32.6. The van der Waals surface area contributed by atoms with Gasteiger partial charge in [0.05, 0.1) is 5.41 Å². The van der Waals surface area contributed by atoms with Gasteiger partial charge in [0.1, 0.15) is 6.10 Å². The molecule has 0 aromatic heterocycles. The number of carboxylic acid groups (broad SMARTS) is 1. The SMILES string of the molecule is CC(=O)O[C@H]1CC[C@@]2(C)C(CC[C@]3(C)C2CC=C2C4CC(C)(C)CC[C@]4(C(=O)NCCCCCCCCCCC(=O)O)CC[C@]23C)C1(C)C. The Morgan fingerprint density at radius 1 is 0.796 bits per heavy atom. The maximum atomic E-state index is 14.4. The summed E-state index contributed by atoms with van der Waals surface area (Å²) < 4.78 is 5.95. The first-order chi connectivity index (χ1) is 22.9. The minimum absolute atomic E-state index is 0.00199. The molecule has 0 aromatic carbocycles. The first-order valence-electron chi connectivity index (χ1n) is 20.3. The molecule has 0 heterocycles. The summed E-state index contributed by atoms with van der Waals surface area (Å²) in [7, 11) is 0. The Balaban J connectivity index is 1.27. The van der Waals surface area contributed by atoms with Crippen LogP contribution in [0, 0.1) is 50.2 Å². The number of carbonyl (C=O) groups is 3. The van der Waals surface area contributed by atoms with Crippen LogP contribution in [0.5, 0.6) is 0 Å². The van der Waals surface area contributed by atoms with E-state index >= 15 is 0 Å². The fraction of sp³-hybridized carbons (Fsp3) is 0.884. The Kier molecular flexibility index (Phi) is 11.2. The van der Waals surface area contributed by atoms with E-state index in [0.717, 1.165) is 90.0 Å². The summed E-state index contributed by atoms with van der Waals surface area (Å²) in [5.41, 5.74) is 2.02. The van der Waals surface area contributed by atoms with Crippen LogP contribution in [0.3, 0.4) is 0 Å². The third-order valence-electron chi connectivity index (χ3n) is 15.9. The fourth-order valence-corrected chi connectivity index (χ4v) is 12.9. The molecule has 0 saturated heterocycles. The number of hydrogen-bond donors (Lipinski definition) is 2. The number of rotatable bonds is 13. The van der Waals surface area contributed by atoms with Crippen molar-refractivity contribution >= 4 is 17.8 Å². The minimum atomic E-state index is -0.691.